The fraction of sp³-hybridized carbons (Fsp3) is 0.933. The van der Waals surface area contributed by atoms with Gasteiger partial charge in [-0.25, -0.2) is 4.79 Å². The zero-order valence-corrected chi connectivity index (χ0v) is 12.9. The monoisotopic (exact) mass is 322 g/mol. The van der Waals surface area contributed by atoms with Crippen molar-refractivity contribution < 1.29 is 22.7 Å². The van der Waals surface area contributed by atoms with Gasteiger partial charge in [-0.3, -0.25) is 0 Å². The van der Waals surface area contributed by atoms with Gasteiger partial charge >= 0.3 is 12.2 Å². The molecule has 7 heteroatoms. The van der Waals surface area contributed by atoms with Crippen molar-refractivity contribution in [2.24, 2.45) is 5.92 Å². The van der Waals surface area contributed by atoms with Gasteiger partial charge in [-0.1, -0.05) is 6.92 Å². The largest absolute Gasteiger partial charge is 0.391 e. The minimum absolute atomic E-state index is 0.0333. The Bertz CT molecular complexity index is 362. The molecule has 2 rings (SSSR count). The highest BCUT2D eigenvalue weighted by atomic mass is 19.4. The van der Waals surface area contributed by atoms with Crippen molar-refractivity contribution in [3.63, 3.8) is 0 Å². The number of alkyl halides is 3. The third-order valence-corrected chi connectivity index (χ3v) is 4.70. The molecular weight excluding hydrogens is 297 g/mol. The Morgan fingerprint density at radius 2 is 1.91 bits per heavy atom. The van der Waals surface area contributed by atoms with Crippen LogP contribution in [0.3, 0.4) is 0 Å². The van der Waals surface area contributed by atoms with Crippen LogP contribution >= 0.6 is 0 Å². The molecule has 0 unspecified atom stereocenters. The van der Waals surface area contributed by atoms with Gasteiger partial charge in [-0.15, -0.1) is 0 Å². The molecule has 0 aromatic heterocycles. The van der Waals surface area contributed by atoms with Crippen molar-refractivity contribution in [1.29, 1.82) is 0 Å². The Hall–Kier alpha value is -0.980. The van der Waals surface area contributed by atoms with E-state index in [1.165, 1.54) is 0 Å². The minimum Gasteiger partial charge on any atom is -0.376 e. The third-order valence-electron chi connectivity index (χ3n) is 4.70. The van der Waals surface area contributed by atoms with Crippen molar-refractivity contribution in [2.45, 2.75) is 76.2 Å². The number of ether oxygens (including phenoxy) is 1. The number of urea groups is 1. The molecule has 1 heterocycles. The third kappa shape index (κ3) is 4.76. The quantitative estimate of drug-likeness (QED) is 0.834. The molecule has 1 saturated heterocycles. The molecule has 2 aliphatic rings. The Labute approximate surface area is 129 Å². The molecule has 0 bridgehead atoms. The van der Waals surface area contributed by atoms with Crippen LogP contribution in [0.5, 0.6) is 0 Å². The molecule has 2 atom stereocenters. The first-order valence-corrected chi connectivity index (χ1v) is 8.15. The standard InChI is InChI=1S/C15H25F3N2O2/c1-2-12(13-4-3-9-22-13)20-14(21)19-11-7-5-10(6-8-11)15(16,17)18/h10-13H,2-9H2,1H3,(H2,19,20,21)/t10?,11?,12-,13+/m0/s1. The first kappa shape index (κ1) is 17.4. The smallest absolute Gasteiger partial charge is 0.376 e. The van der Waals surface area contributed by atoms with Gasteiger partial charge < -0.3 is 15.4 Å². The molecule has 0 aromatic rings. The maximum atomic E-state index is 12.6. The fourth-order valence-electron chi connectivity index (χ4n) is 3.34. The predicted molar refractivity (Wildman–Crippen MR) is 76.5 cm³/mol. The summed E-state index contributed by atoms with van der Waals surface area (Å²) in [6, 6.07) is -0.493. The van der Waals surface area contributed by atoms with Crippen LogP contribution in [0.25, 0.3) is 0 Å². The van der Waals surface area contributed by atoms with Gasteiger partial charge in [0.05, 0.1) is 18.1 Å². The van der Waals surface area contributed by atoms with E-state index in [4.69, 9.17) is 4.74 Å². The number of hydrogen-bond donors (Lipinski definition) is 2. The summed E-state index contributed by atoms with van der Waals surface area (Å²) in [4.78, 5) is 12.0. The zero-order chi connectivity index (χ0) is 16.2. The van der Waals surface area contributed by atoms with Crippen molar-refractivity contribution in [2.75, 3.05) is 6.61 Å². The average Bonchev–Trinajstić information content (AvgIpc) is 2.98. The summed E-state index contributed by atoms with van der Waals surface area (Å²) in [7, 11) is 0. The Morgan fingerprint density at radius 3 is 2.41 bits per heavy atom. The van der Waals surface area contributed by atoms with Gasteiger partial charge in [-0.2, -0.15) is 13.2 Å². The molecule has 1 saturated carbocycles. The van der Waals surface area contributed by atoms with Crippen LogP contribution in [0.15, 0.2) is 0 Å². The van der Waals surface area contributed by atoms with Gasteiger partial charge in [0.15, 0.2) is 0 Å². The highest BCUT2D eigenvalue weighted by Crippen LogP contribution is 2.37. The lowest BCUT2D eigenvalue weighted by molar-refractivity contribution is -0.182. The second-order valence-electron chi connectivity index (χ2n) is 6.27. The minimum atomic E-state index is -4.11. The molecule has 0 aromatic carbocycles. The van der Waals surface area contributed by atoms with Gasteiger partial charge in [0.1, 0.15) is 0 Å². The second-order valence-corrected chi connectivity index (χ2v) is 6.27. The van der Waals surface area contributed by atoms with E-state index in [1.54, 1.807) is 0 Å². The lowest BCUT2D eigenvalue weighted by Crippen LogP contribution is -2.50. The van der Waals surface area contributed by atoms with Crippen molar-refractivity contribution >= 4 is 6.03 Å². The lowest BCUT2D eigenvalue weighted by Gasteiger charge is -2.31. The summed E-state index contributed by atoms with van der Waals surface area (Å²) in [6.45, 7) is 2.72. The number of halogens is 3. The average molecular weight is 322 g/mol. The van der Waals surface area contributed by atoms with Crippen molar-refractivity contribution in [3.8, 4) is 0 Å². The van der Waals surface area contributed by atoms with Crippen molar-refractivity contribution in [1.82, 2.24) is 10.6 Å². The molecule has 2 N–H and O–H groups in total. The lowest BCUT2D eigenvalue weighted by atomic mass is 9.85. The number of carbonyl (C=O) groups excluding carboxylic acids is 1. The number of hydrogen-bond acceptors (Lipinski definition) is 2. The normalized spacial score (nSPS) is 30.8. The van der Waals surface area contributed by atoms with Gasteiger partial charge in [0, 0.05) is 12.6 Å². The maximum Gasteiger partial charge on any atom is 0.391 e. The van der Waals surface area contributed by atoms with Crippen LogP contribution in [0, 0.1) is 5.92 Å². The van der Waals surface area contributed by atoms with E-state index in [9.17, 15) is 18.0 Å². The molecule has 1 aliphatic heterocycles. The summed E-state index contributed by atoms with van der Waals surface area (Å²) in [5.74, 6) is -1.22. The first-order valence-electron chi connectivity index (χ1n) is 8.15. The highest BCUT2D eigenvalue weighted by molar-refractivity contribution is 5.74. The topological polar surface area (TPSA) is 50.4 Å². The first-order chi connectivity index (χ1) is 10.4. The summed E-state index contributed by atoms with van der Waals surface area (Å²) in [5.41, 5.74) is 0. The van der Waals surface area contributed by atoms with E-state index < -0.39 is 12.1 Å². The molecule has 0 radical (unpaired) electrons. The predicted octanol–water partition coefficient (Wildman–Crippen LogP) is 3.36. The second kappa shape index (κ2) is 7.53. The van der Waals surface area contributed by atoms with Crippen LogP contribution in [-0.2, 0) is 4.74 Å². The molecular formula is C15H25F3N2O2. The van der Waals surface area contributed by atoms with Crippen molar-refractivity contribution in [3.05, 3.63) is 0 Å². The molecule has 2 fully saturated rings. The van der Waals surface area contributed by atoms with Gasteiger partial charge in [-0.05, 0) is 44.9 Å². The van der Waals surface area contributed by atoms with Gasteiger partial charge in [0.2, 0.25) is 0 Å². The Kier molecular flexibility index (Phi) is 5.94. The molecule has 4 nitrogen and oxygen atoms in total. The van der Waals surface area contributed by atoms with Crippen LogP contribution < -0.4 is 10.6 Å². The van der Waals surface area contributed by atoms with Gasteiger partial charge in [0.25, 0.3) is 0 Å². The maximum absolute atomic E-state index is 12.6. The number of carbonyl (C=O) groups is 1. The number of nitrogens with one attached hydrogen (secondary N) is 2. The molecule has 1 aliphatic carbocycles. The van der Waals surface area contributed by atoms with E-state index in [1.807, 2.05) is 6.92 Å². The van der Waals surface area contributed by atoms with E-state index in [0.29, 0.717) is 12.8 Å². The summed E-state index contributed by atoms with van der Waals surface area (Å²) >= 11 is 0. The molecule has 0 spiro atoms. The zero-order valence-electron chi connectivity index (χ0n) is 12.9. The van der Waals surface area contributed by atoms with Crippen LogP contribution in [0.2, 0.25) is 0 Å². The number of rotatable bonds is 4. The molecule has 22 heavy (non-hydrogen) atoms. The molecule has 128 valence electrons. The van der Waals surface area contributed by atoms with Crippen LogP contribution in [-0.4, -0.2) is 37.0 Å². The van der Waals surface area contributed by atoms with E-state index in [2.05, 4.69) is 10.6 Å². The summed E-state index contributed by atoms with van der Waals surface area (Å²) < 4.78 is 43.4. The number of amides is 2. The molecule has 2 amide bonds. The van der Waals surface area contributed by atoms with Crippen LogP contribution in [0.4, 0.5) is 18.0 Å². The summed E-state index contributed by atoms with van der Waals surface area (Å²) in [5, 5.41) is 5.71. The summed E-state index contributed by atoms with van der Waals surface area (Å²) in [6.07, 6.45) is -0.380. The highest BCUT2D eigenvalue weighted by Gasteiger charge is 2.41. The van der Waals surface area contributed by atoms with E-state index in [0.717, 1.165) is 25.9 Å². The van der Waals surface area contributed by atoms with Crippen LogP contribution in [0.1, 0.15) is 51.9 Å². The Balaban J connectivity index is 1.73. The Morgan fingerprint density at radius 1 is 1.23 bits per heavy atom. The SMILES string of the molecule is CC[C@H](NC(=O)NC1CCC(C(F)(F)F)CC1)[C@H]1CCCO1. The van der Waals surface area contributed by atoms with E-state index >= 15 is 0 Å². The van der Waals surface area contributed by atoms with E-state index in [-0.39, 0.29) is 37.1 Å². The fourth-order valence-corrected chi connectivity index (χ4v) is 3.34.